The first-order chi connectivity index (χ1) is 8.40. The standard InChI is InChI=1S/C15H29NO/c1-2-16-12-15(14-5-3-4-6-14)11-13-7-9-17-10-8-13/h13-16H,2-12H2,1H3. The third-order valence-electron chi connectivity index (χ3n) is 4.70. The Bertz CT molecular complexity index is 195. The van der Waals surface area contributed by atoms with E-state index in [1.54, 1.807) is 0 Å². The summed E-state index contributed by atoms with van der Waals surface area (Å²) < 4.78 is 5.47. The Labute approximate surface area is 107 Å². The average molecular weight is 239 g/mol. The molecule has 0 radical (unpaired) electrons. The Morgan fingerprint density at radius 3 is 2.47 bits per heavy atom. The van der Waals surface area contributed by atoms with Crippen LogP contribution in [0.15, 0.2) is 0 Å². The second kappa shape index (κ2) is 7.38. The van der Waals surface area contributed by atoms with Crippen molar-refractivity contribution in [3.8, 4) is 0 Å². The molecule has 0 amide bonds. The molecular weight excluding hydrogens is 210 g/mol. The largest absolute Gasteiger partial charge is 0.381 e. The highest BCUT2D eigenvalue weighted by Crippen LogP contribution is 2.36. The van der Waals surface area contributed by atoms with Gasteiger partial charge in [-0.3, -0.25) is 0 Å². The van der Waals surface area contributed by atoms with E-state index < -0.39 is 0 Å². The molecule has 1 N–H and O–H groups in total. The number of rotatable bonds is 6. The van der Waals surface area contributed by atoms with Gasteiger partial charge in [0.2, 0.25) is 0 Å². The van der Waals surface area contributed by atoms with Crippen molar-refractivity contribution in [2.45, 2.75) is 51.9 Å². The van der Waals surface area contributed by atoms with Gasteiger partial charge in [-0.15, -0.1) is 0 Å². The molecule has 0 bridgehead atoms. The Balaban J connectivity index is 1.80. The van der Waals surface area contributed by atoms with Crippen molar-refractivity contribution in [3.05, 3.63) is 0 Å². The van der Waals surface area contributed by atoms with E-state index in [9.17, 15) is 0 Å². The minimum Gasteiger partial charge on any atom is -0.381 e. The van der Waals surface area contributed by atoms with Gasteiger partial charge in [-0.05, 0) is 50.1 Å². The highest BCUT2D eigenvalue weighted by Gasteiger charge is 2.27. The molecular formula is C15H29NO. The fourth-order valence-corrected chi connectivity index (χ4v) is 3.61. The molecule has 1 saturated heterocycles. The van der Waals surface area contributed by atoms with E-state index in [0.717, 1.165) is 37.5 Å². The summed E-state index contributed by atoms with van der Waals surface area (Å²) in [5.74, 6) is 2.88. The Hall–Kier alpha value is -0.0800. The van der Waals surface area contributed by atoms with Gasteiger partial charge in [-0.25, -0.2) is 0 Å². The number of hydrogen-bond donors (Lipinski definition) is 1. The van der Waals surface area contributed by atoms with Crippen molar-refractivity contribution in [2.24, 2.45) is 17.8 Å². The molecule has 0 aromatic rings. The smallest absolute Gasteiger partial charge is 0.0468 e. The van der Waals surface area contributed by atoms with Gasteiger partial charge in [0.25, 0.3) is 0 Å². The van der Waals surface area contributed by atoms with E-state index in [0.29, 0.717) is 0 Å². The van der Waals surface area contributed by atoms with Crippen LogP contribution in [0.25, 0.3) is 0 Å². The molecule has 1 atom stereocenters. The van der Waals surface area contributed by atoms with E-state index in [1.165, 1.54) is 51.5 Å². The van der Waals surface area contributed by atoms with Crippen molar-refractivity contribution < 1.29 is 4.74 Å². The number of ether oxygens (including phenoxy) is 1. The molecule has 2 fully saturated rings. The second-order valence-corrected chi connectivity index (χ2v) is 5.90. The van der Waals surface area contributed by atoms with Crippen LogP contribution in [0.2, 0.25) is 0 Å². The van der Waals surface area contributed by atoms with Gasteiger partial charge in [0.05, 0.1) is 0 Å². The van der Waals surface area contributed by atoms with Crippen LogP contribution in [0.4, 0.5) is 0 Å². The Morgan fingerprint density at radius 2 is 1.82 bits per heavy atom. The molecule has 2 heteroatoms. The summed E-state index contributed by atoms with van der Waals surface area (Å²) in [6.07, 6.45) is 9.96. The van der Waals surface area contributed by atoms with Gasteiger partial charge in [0.1, 0.15) is 0 Å². The van der Waals surface area contributed by atoms with E-state index in [2.05, 4.69) is 12.2 Å². The van der Waals surface area contributed by atoms with Crippen LogP contribution >= 0.6 is 0 Å². The maximum Gasteiger partial charge on any atom is 0.0468 e. The normalized spacial score (nSPS) is 25.2. The molecule has 0 spiro atoms. The molecule has 1 heterocycles. The van der Waals surface area contributed by atoms with Crippen molar-refractivity contribution in [1.29, 1.82) is 0 Å². The lowest BCUT2D eigenvalue weighted by Gasteiger charge is -2.30. The zero-order valence-electron chi connectivity index (χ0n) is 11.4. The summed E-state index contributed by atoms with van der Waals surface area (Å²) in [6.45, 7) is 6.60. The molecule has 1 unspecified atom stereocenters. The quantitative estimate of drug-likeness (QED) is 0.768. The first-order valence-corrected chi connectivity index (χ1v) is 7.68. The van der Waals surface area contributed by atoms with Crippen LogP contribution in [0.1, 0.15) is 51.9 Å². The SMILES string of the molecule is CCNCC(CC1CCOCC1)C1CCCC1. The van der Waals surface area contributed by atoms with Gasteiger partial charge in [-0.2, -0.15) is 0 Å². The highest BCUT2D eigenvalue weighted by atomic mass is 16.5. The predicted octanol–water partition coefficient (Wildman–Crippen LogP) is 3.22. The van der Waals surface area contributed by atoms with Crippen molar-refractivity contribution in [1.82, 2.24) is 5.32 Å². The van der Waals surface area contributed by atoms with Crippen LogP contribution in [0, 0.1) is 17.8 Å². The number of hydrogen-bond acceptors (Lipinski definition) is 2. The Morgan fingerprint density at radius 1 is 1.12 bits per heavy atom. The summed E-state index contributed by atoms with van der Waals surface area (Å²) in [5.41, 5.74) is 0. The molecule has 0 aromatic heterocycles. The van der Waals surface area contributed by atoms with Gasteiger partial charge in [0.15, 0.2) is 0 Å². The van der Waals surface area contributed by atoms with E-state index in [4.69, 9.17) is 4.74 Å². The number of nitrogens with one attached hydrogen (secondary N) is 1. The summed E-state index contributed by atoms with van der Waals surface area (Å²) in [6, 6.07) is 0. The highest BCUT2D eigenvalue weighted by molar-refractivity contribution is 4.80. The molecule has 1 aliphatic carbocycles. The first-order valence-electron chi connectivity index (χ1n) is 7.68. The third-order valence-corrected chi connectivity index (χ3v) is 4.70. The lowest BCUT2D eigenvalue weighted by molar-refractivity contribution is 0.0547. The van der Waals surface area contributed by atoms with Crippen LogP contribution in [0.3, 0.4) is 0 Å². The van der Waals surface area contributed by atoms with Crippen LogP contribution < -0.4 is 5.32 Å². The summed E-state index contributed by atoms with van der Waals surface area (Å²) in [4.78, 5) is 0. The molecule has 100 valence electrons. The predicted molar refractivity (Wildman–Crippen MR) is 72.2 cm³/mol. The zero-order chi connectivity index (χ0) is 11.9. The van der Waals surface area contributed by atoms with Gasteiger partial charge >= 0.3 is 0 Å². The summed E-state index contributed by atoms with van der Waals surface area (Å²) >= 11 is 0. The molecule has 2 aliphatic rings. The van der Waals surface area contributed by atoms with Crippen molar-refractivity contribution >= 4 is 0 Å². The third kappa shape index (κ3) is 4.26. The van der Waals surface area contributed by atoms with Crippen molar-refractivity contribution in [2.75, 3.05) is 26.3 Å². The van der Waals surface area contributed by atoms with Gasteiger partial charge in [0, 0.05) is 13.2 Å². The molecule has 1 saturated carbocycles. The maximum atomic E-state index is 5.47. The zero-order valence-corrected chi connectivity index (χ0v) is 11.4. The second-order valence-electron chi connectivity index (χ2n) is 5.90. The monoisotopic (exact) mass is 239 g/mol. The van der Waals surface area contributed by atoms with Crippen LogP contribution in [-0.4, -0.2) is 26.3 Å². The molecule has 2 nitrogen and oxygen atoms in total. The maximum absolute atomic E-state index is 5.47. The molecule has 0 aromatic carbocycles. The van der Waals surface area contributed by atoms with Gasteiger partial charge in [-0.1, -0.05) is 32.6 Å². The topological polar surface area (TPSA) is 21.3 Å². The van der Waals surface area contributed by atoms with Crippen molar-refractivity contribution in [3.63, 3.8) is 0 Å². The fourth-order valence-electron chi connectivity index (χ4n) is 3.61. The summed E-state index contributed by atoms with van der Waals surface area (Å²) in [7, 11) is 0. The lowest BCUT2D eigenvalue weighted by atomic mass is 9.81. The lowest BCUT2D eigenvalue weighted by Crippen LogP contribution is -2.30. The minimum absolute atomic E-state index is 0.931. The average Bonchev–Trinajstić information content (AvgIpc) is 2.89. The first kappa shape index (κ1) is 13.4. The molecule has 1 aliphatic heterocycles. The van der Waals surface area contributed by atoms with E-state index in [1.807, 2.05) is 0 Å². The van der Waals surface area contributed by atoms with E-state index in [-0.39, 0.29) is 0 Å². The minimum atomic E-state index is 0.931. The van der Waals surface area contributed by atoms with Crippen LogP contribution in [0.5, 0.6) is 0 Å². The van der Waals surface area contributed by atoms with Crippen LogP contribution in [-0.2, 0) is 4.74 Å². The summed E-state index contributed by atoms with van der Waals surface area (Å²) in [5, 5.41) is 3.58. The molecule has 2 rings (SSSR count). The van der Waals surface area contributed by atoms with E-state index >= 15 is 0 Å². The fraction of sp³-hybridized carbons (Fsp3) is 1.00. The Kier molecular flexibility index (Phi) is 5.79. The molecule has 17 heavy (non-hydrogen) atoms. The van der Waals surface area contributed by atoms with Gasteiger partial charge < -0.3 is 10.1 Å².